The van der Waals surface area contributed by atoms with Crippen molar-refractivity contribution < 1.29 is 13.2 Å². The minimum absolute atomic E-state index is 0.255. The van der Waals surface area contributed by atoms with Gasteiger partial charge in [-0.15, -0.1) is 0 Å². The van der Waals surface area contributed by atoms with Crippen molar-refractivity contribution >= 4 is 38.9 Å². The van der Waals surface area contributed by atoms with Crippen LogP contribution in [0.1, 0.15) is 43.7 Å². The van der Waals surface area contributed by atoms with E-state index >= 15 is 0 Å². The van der Waals surface area contributed by atoms with E-state index in [1.807, 2.05) is 48.7 Å². The molecule has 4 aromatic rings. The van der Waals surface area contributed by atoms with E-state index in [4.69, 9.17) is 5.10 Å². The Morgan fingerprint density at radius 2 is 1.57 bits per heavy atom. The average molecular weight is 666 g/mol. The highest BCUT2D eigenvalue weighted by atomic mass is 32.2. The number of carbonyl (C=O) groups is 1. The second kappa shape index (κ2) is 13.6. The van der Waals surface area contributed by atoms with Gasteiger partial charge in [0.1, 0.15) is 5.69 Å². The van der Waals surface area contributed by atoms with Crippen LogP contribution in [0.25, 0.3) is 23.0 Å². The van der Waals surface area contributed by atoms with E-state index in [9.17, 15) is 13.2 Å². The highest BCUT2D eigenvalue weighted by Crippen LogP contribution is 2.36. The van der Waals surface area contributed by atoms with Gasteiger partial charge in [-0.1, -0.05) is 67.6 Å². The summed E-state index contributed by atoms with van der Waals surface area (Å²) in [5, 5.41) is 5.66. The van der Waals surface area contributed by atoms with E-state index in [-0.39, 0.29) is 10.8 Å². The Morgan fingerprint density at radius 3 is 2.30 bits per heavy atom. The Bertz CT molecular complexity index is 1910. The molecule has 10 heteroatoms. The molecule has 0 N–H and O–H groups in total. The number of amides is 1. The third-order valence-corrected chi connectivity index (χ3v) is 12.3. The molecule has 4 heterocycles. The van der Waals surface area contributed by atoms with Crippen molar-refractivity contribution in [3.05, 3.63) is 107 Å². The van der Waals surface area contributed by atoms with Gasteiger partial charge in [-0.25, -0.2) is 13.1 Å². The van der Waals surface area contributed by atoms with Gasteiger partial charge in [0.05, 0.1) is 15.5 Å². The highest BCUT2D eigenvalue weighted by Gasteiger charge is 2.31. The molecule has 3 aliphatic heterocycles. The number of para-hydroxylation sites is 1. The third kappa shape index (κ3) is 7.00. The predicted molar refractivity (Wildman–Crippen MR) is 189 cm³/mol. The molecule has 242 valence electrons. The van der Waals surface area contributed by atoms with Gasteiger partial charge in [0.25, 0.3) is 5.91 Å². The zero-order chi connectivity index (χ0) is 32.4. The van der Waals surface area contributed by atoms with E-state index in [2.05, 4.69) is 47.1 Å². The summed E-state index contributed by atoms with van der Waals surface area (Å²) in [4.78, 5) is 20.7. The number of aromatic nitrogens is 2. The van der Waals surface area contributed by atoms with Gasteiger partial charge in [-0.05, 0) is 91.6 Å². The van der Waals surface area contributed by atoms with Crippen molar-refractivity contribution in [1.82, 2.24) is 19.0 Å². The lowest BCUT2D eigenvalue weighted by molar-refractivity contribution is -0.113. The van der Waals surface area contributed by atoms with Gasteiger partial charge >= 0.3 is 0 Å². The van der Waals surface area contributed by atoms with Crippen LogP contribution in [-0.2, 0) is 21.2 Å². The number of benzene rings is 3. The van der Waals surface area contributed by atoms with Gasteiger partial charge in [0, 0.05) is 43.5 Å². The lowest BCUT2D eigenvalue weighted by Crippen LogP contribution is -2.37. The van der Waals surface area contributed by atoms with Gasteiger partial charge < -0.3 is 4.90 Å². The summed E-state index contributed by atoms with van der Waals surface area (Å²) < 4.78 is 30.6. The lowest BCUT2D eigenvalue weighted by Gasteiger charge is -2.32. The molecule has 3 aromatic carbocycles. The van der Waals surface area contributed by atoms with Gasteiger partial charge in [-0.3, -0.25) is 4.79 Å². The molecule has 0 bridgehead atoms. The summed E-state index contributed by atoms with van der Waals surface area (Å²) >= 11 is 1.41. The number of rotatable bonds is 7. The largest absolute Gasteiger partial charge is 0.351 e. The summed E-state index contributed by atoms with van der Waals surface area (Å²) in [5.74, 6) is 0.888. The van der Waals surface area contributed by atoms with E-state index in [0.717, 1.165) is 61.6 Å². The van der Waals surface area contributed by atoms with Crippen LogP contribution in [0.5, 0.6) is 0 Å². The summed E-state index contributed by atoms with van der Waals surface area (Å²) in [6.07, 6.45) is 8.66. The minimum Gasteiger partial charge on any atom is -0.351 e. The Kier molecular flexibility index (Phi) is 9.16. The number of amidine groups is 1. The van der Waals surface area contributed by atoms with Crippen molar-refractivity contribution in [3.8, 4) is 16.9 Å². The lowest BCUT2D eigenvalue weighted by atomic mass is 9.90. The van der Waals surface area contributed by atoms with Gasteiger partial charge in [-0.2, -0.15) is 14.4 Å². The molecule has 8 nitrogen and oxygen atoms in total. The molecule has 1 amide bonds. The van der Waals surface area contributed by atoms with Crippen molar-refractivity contribution in [2.75, 3.05) is 26.2 Å². The zero-order valence-electron chi connectivity index (χ0n) is 26.5. The first-order valence-electron chi connectivity index (χ1n) is 16.4. The molecular formula is C37H39N5O3S2. The van der Waals surface area contributed by atoms with Crippen LogP contribution in [0, 0.1) is 11.8 Å². The van der Waals surface area contributed by atoms with Crippen molar-refractivity contribution in [2.45, 2.75) is 43.9 Å². The highest BCUT2D eigenvalue weighted by molar-refractivity contribution is 8.18. The fraction of sp³-hybridized carbons (Fsp3) is 0.324. The zero-order valence-corrected chi connectivity index (χ0v) is 28.2. The Balaban J connectivity index is 1.13. The average Bonchev–Trinajstić information content (AvgIpc) is 3.69. The number of sulfonamides is 1. The van der Waals surface area contributed by atoms with Crippen molar-refractivity contribution in [3.63, 3.8) is 0 Å². The molecule has 7 rings (SSSR count). The number of carbonyl (C=O) groups excluding carboxylic acids is 1. The van der Waals surface area contributed by atoms with Crippen LogP contribution in [-0.4, -0.2) is 64.7 Å². The maximum Gasteiger partial charge on any atom is 0.286 e. The Labute approximate surface area is 281 Å². The summed E-state index contributed by atoms with van der Waals surface area (Å²) in [7, 11) is -3.65. The molecule has 1 aromatic heterocycles. The van der Waals surface area contributed by atoms with E-state index in [0.29, 0.717) is 41.1 Å². The summed E-state index contributed by atoms with van der Waals surface area (Å²) in [6, 6.07) is 27.4. The minimum atomic E-state index is -3.65. The first-order valence-corrected chi connectivity index (χ1v) is 18.7. The molecule has 0 aliphatic carbocycles. The number of hydrogen-bond acceptors (Lipinski definition) is 6. The predicted octanol–water partition coefficient (Wildman–Crippen LogP) is 6.88. The molecule has 3 aliphatic rings. The van der Waals surface area contributed by atoms with Gasteiger partial charge in [0.2, 0.25) is 10.0 Å². The fourth-order valence-corrected chi connectivity index (χ4v) is 9.03. The number of nitrogens with zero attached hydrogens (tertiary/aromatic N) is 5. The van der Waals surface area contributed by atoms with Crippen LogP contribution in [0.3, 0.4) is 0 Å². The van der Waals surface area contributed by atoms with Crippen LogP contribution in [0.15, 0.2) is 106 Å². The number of thioether (sulfide) groups is 1. The monoisotopic (exact) mass is 665 g/mol. The number of aliphatic imine (C=N–C) groups is 1. The fourth-order valence-electron chi connectivity index (χ4n) is 6.56. The number of piperidine rings is 2. The van der Waals surface area contributed by atoms with E-state index in [1.165, 1.54) is 17.3 Å². The first kappa shape index (κ1) is 31.6. The van der Waals surface area contributed by atoms with Crippen LogP contribution >= 0.6 is 11.8 Å². The smallest absolute Gasteiger partial charge is 0.286 e. The van der Waals surface area contributed by atoms with E-state index < -0.39 is 10.0 Å². The van der Waals surface area contributed by atoms with Crippen molar-refractivity contribution in [1.29, 1.82) is 0 Å². The van der Waals surface area contributed by atoms with Crippen LogP contribution < -0.4 is 0 Å². The standard InChI is InChI=1S/C37H39N5O3S2/c1-27-15-21-41(22-16-27)47(44,45)33-14-8-11-30(24-33)35-31(26-42(39-35)32-12-6-3-7-13-32)25-34-36(43)38-37(46-34)40-19-17-29(18-20-40)23-28-9-4-2-5-10-28/h2-14,24-27,29H,15-23H2,1H3. The van der Waals surface area contributed by atoms with Gasteiger partial charge in [0.15, 0.2) is 5.17 Å². The first-order chi connectivity index (χ1) is 22.8. The maximum atomic E-state index is 13.6. The summed E-state index contributed by atoms with van der Waals surface area (Å²) in [5.41, 5.74) is 4.24. The summed E-state index contributed by atoms with van der Waals surface area (Å²) in [6.45, 7) is 4.97. The molecule has 0 atom stereocenters. The van der Waals surface area contributed by atoms with Crippen LogP contribution in [0.2, 0.25) is 0 Å². The molecule has 2 saturated heterocycles. The molecule has 0 unspecified atom stereocenters. The second-order valence-corrected chi connectivity index (χ2v) is 15.7. The molecule has 0 radical (unpaired) electrons. The SMILES string of the molecule is CC1CCN(S(=O)(=O)c2cccc(-c3nn(-c4ccccc4)cc3C=C3SC(N4CCC(Cc5ccccc5)CC4)=NC3=O)c2)CC1. The number of hydrogen-bond donors (Lipinski definition) is 0. The second-order valence-electron chi connectivity index (χ2n) is 12.8. The van der Waals surface area contributed by atoms with E-state index in [1.54, 1.807) is 27.2 Å². The Morgan fingerprint density at radius 1 is 0.872 bits per heavy atom. The molecular weight excluding hydrogens is 627 g/mol. The quantitative estimate of drug-likeness (QED) is 0.200. The molecule has 47 heavy (non-hydrogen) atoms. The third-order valence-electron chi connectivity index (χ3n) is 9.40. The molecule has 0 saturated carbocycles. The topological polar surface area (TPSA) is 87.9 Å². The van der Waals surface area contributed by atoms with Crippen LogP contribution in [0.4, 0.5) is 0 Å². The number of likely N-dealkylation sites (tertiary alicyclic amines) is 1. The Hall–Kier alpha value is -3.99. The maximum absolute atomic E-state index is 13.6. The van der Waals surface area contributed by atoms with Crippen molar-refractivity contribution in [2.24, 2.45) is 16.8 Å². The normalized spacial score (nSPS) is 19.4. The molecule has 2 fully saturated rings. The molecule has 0 spiro atoms.